The minimum Gasteiger partial charge on any atom is -0.315 e. The Kier molecular flexibility index (Phi) is 3.26. The number of rotatable bonds is 3. The third-order valence-corrected chi connectivity index (χ3v) is 3.17. The van der Waals surface area contributed by atoms with Gasteiger partial charge in [0.2, 0.25) is 0 Å². The summed E-state index contributed by atoms with van der Waals surface area (Å²) in [6.45, 7) is 6.08. The van der Waals surface area contributed by atoms with Crippen molar-refractivity contribution in [1.82, 2.24) is 10.6 Å². The molecule has 2 rings (SSSR count). The highest BCUT2D eigenvalue weighted by Gasteiger charge is 2.27. The molecule has 0 radical (unpaired) electrons. The predicted molar refractivity (Wildman–Crippen MR) is 63.8 cm³/mol. The summed E-state index contributed by atoms with van der Waals surface area (Å²) < 4.78 is 13.7. The largest absolute Gasteiger partial charge is 0.315 e. The molecule has 1 heterocycles. The van der Waals surface area contributed by atoms with E-state index in [4.69, 9.17) is 0 Å². The molecule has 2 nitrogen and oxygen atoms in total. The predicted octanol–water partition coefficient (Wildman–Crippen LogP) is 2.01. The Hall–Kier alpha value is -0.930. The van der Waals surface area contributed by atoms with Crippen molar-refractivity contribution in [2.45, 2.75) is 31.8 Å². The lowest BCUT2D eigenvalue weighted by atomic mass is 9.92. The molecule has 2 N–H and O–H groups in total. The molecular formula is C13H19FN2. The van der Waals surface area contributed by atoms with Crippen LogP contribution in [0.5, 0.6) is 0 Å². The zero-order chi connectivity index (χ0) is 11.6. The Balaban J connectivity index is 2.14. The van der Waals surface area contributed by atoms with Crippen LogP contribution in [0.15, 0.2) is 24.3 Å². The molecule has 1 atom stereocenters. The molecule has 88 valence electrons. The van der Waals surface area contributed by atoms with Gasteiger partial charge in [0.15, 0.2) is 0 Å². The normalized spacial score (nSPS) is 21.3. The first-order valence-electron chi connectivity index (χ1n) is 5.83. The summed E-state index contributed by atoms with van der Waals surface area (Å²) in [5, 5.41) is 6.81. The first-order valence-corrected chi connectivity index (χ1v) is 5.83. The van der Waals surface area contributed by atoms with Gasteiger partial charge in [0.25, 0.3) is 0 Å². The first-order chi connectivity index (χ1) is 7.59. The average molecular weight is 222 g/mol. The fraction of sp³-hybridized carbons (Fsp3) is 0.538. The van der Waals surface area contributed by atoms with E-state index in [0.717, 1.165) is 25.1 Å². The summed E-state index contributed by atoms with van der Waals surface area (Å²) in [4.78, 5) is 0. The van der Waals surface area contributed by atoms with E-state index >= 15 is 0 Å². The van der Waals surface area contributed by atoms with E-state index in [1.54, 1.807) is 6.07 Å². The standard InChI is InChI=1S/C13H19FN2/c1-13(2,16-10-7-8-15-9-10)11-5-3-4-6-12(11)14/h3-6,10,15-16H,7-9H2,1-2H3. The van der Waals surface area contributed by atoms with Crippen LogP contribution in [-0.2, 0) is 5.54 Å². The minimum absolute atomic E-state index is 0.133. The van der Waals surface area contributed by atoms with E-state index in [0.29, 0.717) is 6.04 Å². The van der Waals surface area contributed by atoms with Crippen LogP contribution in [-0.4, -0.2) is 19.1 Å². The molecule has 16 heavy (non-hydrogen) atoms. The molecule has 0 aliphatic carbocycles. The molecule has 3 heteroatoms. The van der Waals surface area contributed by atoms with E-state index < -0.39 is 0 Å². The van der Waals surface area contributed by atoms with E-state index in [-0.39, 0.29) is 11.4 Å². The highest BCUT2D eigenvalue weighted by atomic mass is 19.1. The van der Waals surface area contributed by atoms with Crippen molar-refractivity contribution in [1.29, 1.82) is 0 Å². The summed E-state index contributed by atoms with van der Waals surface area (Å²) in [5.41, 5.74) is 0.420. The summed E-state index contributed by atoms with van der Waals surface area (Å²) in [6, 6.07) is 7.42. The molecule has 1 aliphatic heterocycles. The smallest absolute Gasteiger partial charge is 0.128 e. The van der Waals surface area contributed by atoms with Crippen LogP contribution in [0.4, 0.5) is 4.39 Å². The maximum atomic E-state index is 13.7. The summed E-state index contributed by atoms with van der Waals surface area (Å²) in [6.07, 6.45) is 1.11. The van der Waals surface area contributed by atoms with Crippen LogP contribution >= 0.6 is 0 Å². The minimum atomic E-state index is -0.317. The van der Waals surface area contributed by atoms with E-state index in [2.05, 4.69) is 10.6 Å². The lowest BCUT2D eigenvalue weighted by Gasteiger charge is -2.30. The molecular weight excluding hydrogens is 203 g/mol. The van der Waals surface area contributed by atoms with E-state index in [1.807, 2.05) is 26.0 Å². The van der Waals surface area contributed by atoms with Gasteiger partial charge in [-0.15, -0.1) is 0 Å². The second-order valence-corrected chi connectivity index (χ2v) is 4.94. The fourth-order valence-electron chi connectivity index (χ4n) is 2.33. The van der Waals surface area contributed by atoms with Crippen molar-refractivity contribution in [2.75, 3.05) is 13.1 Å². The number of hydrogen-bond donors (Lipinski definition) is 2. The molecule has 1 aliphatic rings. The van der Waals surface area contributed by atoms with Crippen LogP contribution in [0.2, 0.25) is 0 Å². The lowest BCUT2D eigenvalue weighted by molar-refractivity contribution is 0.340. The topological polar surface area (TPSA) is 24.1 Å². The number of halogens is 1. The maximum Gasteiger partial charge on any atom is 0.128 e. The van der Waals surface area contributed by atoms with Crippen LogP contribution in [0.25, 0.3) is 0 Å². The molecule has 1 saturated heterocycles. The second-order valence-electron chi connectivity index (χ2n) is 4.94. The van der Waals surface area contributed by atoms with Crippen molar-refractivity contribution in [2.24, 2.45) is 0 Å². The Morgan fingerprint density at radius 1 is 1.38 bits per heavy atom. The third-order valence-electron chi connectivity index (χ3n) is 3.17. The van der Waals surface area contributed by atoms with Crippen LogP contribution in [0, 0.1) is 5.82 Å². The SMILES string of the molecule is CC(C)(NC1CCNC1)c1ccccc1F. The molecule has 0 amide bonds. The van der Waals surface area contributed by atoms with Gasteiger partial charge in [-0.1, -0.05) is 18.2 Å². The van der Waals surface area contributed by atoms with Gasteiger partial charge in [-0.2, -0.15) is 0 Å². The summed E-state index contributed by atoms with van der Waals surface area (Å²) in [5.74, 6) is -0.133. The first kappa shape index (κ1) is 11.6. The molecule has 0 spiro atoms. The number of benzene rings is 1. The van der Waals surface area contributed by atoms with Crippen molar-refractivity contribution < 1.29 is 4.39 Å². The molecule has 0 bridgehead atoms. The Morgan fingerprint density at radius 3 is 2.75 bits per heavy atom. The Morgan fingerprint density at radius 2 is 2.12 bits per heavy atom. The van der Waals surface area contributed by atoms with Gasteiger partial charge in [0, 0.05) is 23.7 Å². The highest BCUT2D eigenvalue weighted by molar-refractivity contribution is 5.25. The Labute approximate surface area is 96.2 Å². The van der Waals surface area contributed by atoms with Gasteiger partial charge >= 0.3 is 0 Å². The third kappa shape index (κ3) is 2.42. The average Bonchev–Trinajstić information content (AvgIpc) is 2.70. The van der Waals surface area contributed by atoms with Gasteiger partial charge in [0.05, 0.1) is 0 Å². The molecule has 0 saturated carbocycles. The van der Waals surface area contributed by atoms with Gasteiger partial charge in [-0.25, -0.2) is 4.39 Å². The van der Waals surface area contributed by atoms with Gasteiger partial charge in [-0.05, 0) is 32.9 Å². The van der Waals surface area contributed by atoms with Crippen molar-refractivity contribution in [3.63, 3.8) is 0 Å². The van der Waals surface area contributed by atoms with Crippen LogP contribution < -0.4 is 10.6 Å². The van der Waals surface area contributed by atoms with Crippen molar-refractivity contribution in [3.05, 3.63) is 35.6 Å². The maximum absolute atomic E-state index is 13.7. The monoisotopic (exact) mass is 222 g/mol. The molecule has 1 fully saturated rings. The molecule has 1 unspecified atom stereocenters. The fourth-order valence-corrected chi connectivity index (χ4v) is 2.33. The lowest BCUT2D eigenvalue weighted by Crippen LogP contribution is -2.45. The highest BCUT2D eigenvalue weighted by Crippen LogP contribution is 2.24. The van der Waals surface area contributed by atoms with Crippen LogP contribution in [0.1, 0.15) is 25.8 Å². The number of hydrogen-bond acceptors (Lipinski definition) is 2. The summed E-state index contributed by atoms with van der Waals surface area (Å²) >= 11 is 0. The molecule has 1 aromatic carbocycles. The second kappa shape index (κ2) is 4.52. The van der Waals surface area contributed by atoms with Crippen molar-refractivity contribution in [3.8, 4) is 0 Å². The zero-order valence-corrected chi connectivity index (χ0v) is 9.89. The molecule has 0 aromatic heterocycles. The molecule has 1 aromatic rings. The van der Waals surface area contributed by atoms with Gasteiger partial charge < -0.3 is 10.6 Å². The van der Waals surface area contributed by atoms with E-state index in [9.17, 15) is 4.39 Å². The zero-order valence-electron chi connectivity index (χ0n) is 9.89. The quantitative estimate of drug-likeness (QED) is 0.817. The Bertz CT molecular complexity index is 357. The van der Waals surface area contributed by atoms with Crippen molar-refractivity contribution >= 4 is 0 Å². The van der Waals surface area contributed by atoms with Gasteiger partial charge in [0.1, 0.15) is 5.82 Å². The summed E-state index contributed by atoms with van der Waals surface area (Å²) in [7, 11) is 0. The van der Waals surface area contributed by atoms with Gasteiger partial charge in [-0.3, -0.25) is 0 Å². The van der Waals surface area contributed by atoms with Crippen LogP contribution in [0.3, 0.4) is 0 Å². The number of nitrogens with one attached hydrogen (secondary N) is 2. The van der Waals surface area contributed by atoms with E-state index in [1.165, 1.54) is 6.07 Å².